The fraction of sp³-hybridized carbons (Fsp3) is 0.588. The SMILES string of the molecule is [CH2+]CCCCOC(=O)Nc1nc(=O)n([C@@H]2O[C@H](C)[C@@H](O)[C@H]2OC(C)=O)cc1F. The molecular formula is C17H23FN3O7+. The van der Waals surface area contributed by atoms with E-state index >= 15 is 0 Å². The molecule has 28 heavy (non-hydrogen) atoms. The minimum atomic E-state index is -1.27. The van der Waals surface area contributed by atoms with Gasteiger partial charge >= 0.3 is 17.8 Å². The number of amides is 1. The maximum atomic E-state index is 14.3. The summed E-state index contributed by atoms with van der Waals surface area (Å²) >= 11 is 0. The highest BCUT2D eigenvalue weighted by Gasteiger charge is 2.45. The van der Waals surface area contributed by atoms with Gasteiger partial charge in [0.05, 0.1) is 32.3 Å². The van der Waals surface area contributed by atoms with Crippen LogP contribution in [0.2, 0.25) is 0 Å². The number of carbonyl (C=O) groups is 2. The smallest absolute Gasteiger partial charge is 0.412 e. The van der Waals surface area contributed by atoms with Crippen molar-refractivity contribution in [3.63, 3.8) is 0 Å². The van der Waals surface area contributed by atoms with E-state index in [2.05, 4.69) is 17.2 Å². The third-order valence-electron chi connectivity index (χ3n) is 4.03. The molecule has 0 bridgehead atoms. The molecule has 1 aromatic rings. The molecule has 2 N–H and O–H groups in total. The molecule has 2 rings (SSSR count). The maximum Gasteiger partial charge on any atom is 0.412 e. The first-order chi connectivity index (χ1) is 13.2. The van der Waals surface area contributed by atoms with Crippen LogP contribution in [0.15, 0.2) is 11.0 Å². The van der Waals surface area contributed by atoms with E-state index in [0.717, 1.165) is 24.1 Å². The van der Waals surface area contributed by atoms with E-state index in [1.165, 1.54) is 6.92 Å². The van der Waals surface area contributed by atoms with E-state index in [4.69, 9.17) is 14.2 Å². The zero-order chi connectivity index (χ0) is 20.8. The van der Waals surface area contributed by atoms with Crippen LogP contribution in [0.5, 0.6) is 0 Å². The number of esters is 1. The van der Waals surface area contributed by atoms with E-state index in [1.54, 1.807) is 0 Å². The number of nitrogens with zero attached hydrogens (tertiary/aromatic N) is 2. The Morgan fingerprint density at radius 2 is 2.18 bits per heavy atom. The van der Waals surface area contributed by atoms with Gasteiger partial charge in [-0.1, -0.05) is 0 Å². The molecule has 0 aliphatic carbocycles. The first-order valence-electron chi connectivity index (χ1n) is 8.77. The molecule has 1 aliphatic rings. The van der Waals surface area contributed by atoms with Crippen molar-refractivity contribution in [2.45, 2.75) is 57.6 Å². The topological polar surface area (TPSA) is 129 Å². The van der Waals surface area contributed by atoms with Crippen LogP contribution < -0.4 is 11.0 Å². The van der Waals surface area contributed by atoms with Gasteiger partial charge in [-0.2, -0.15) is 4.98 Å². The molecular weight excluding hydrogens is 377 g/mol. The van der Waals surface area contributed by atoms with Crippen LogP contribution in [0, 0.1) is 12.7 Å². The number of halogens is 1. The Morgan fingerprint density at radius 3 is 2.82 bits per heavy atom. The van der Waals surface area contributed by atoms with Gasteiger partial charge in [0, 0.05) is 6.92 Å². The van der Waals surface area contributed by atoms with Crippen molar-refractivity contribution in [2.75, 3.05) is 11.9 Å². The fourth-order valence-electron chi connectivity index (χ4n) is 2.65. The molecule has 1 aromatic heterocycles. The zero-order valence-electron chi connectivity index (χ0n) is 15.6. The highest BCUT2D eigenvalue weighted by Crippen LogP contribution is 2.31. The van der Waals surface area contributed by atoms with Gasteiger partial charge < -0.3 is 19.3 Å². The number of nitrogens with one attached hydrogen (secondary N) is 1. The Labute approximate surface area is 160 Å². The predicted molar refractivity (Wildman–Crippen MR) is 93.8 cm³/mol. The quantitative estimate of drug-likeness (QED) is 0.396. The molecule has 1 amide bonds. The summed E-state index contributed by atoms with van der Waals surface area (Å²) in [6, 6.07) is 0. The van der Waals surface area contributed by atoms with Gasteiger partial charge in [0.15, 0.2) is 24.0 Å². The van der Waals surface area contributed by atoms with Gasteiger partial charge in [0.25, 0.3) is 0 Å². The second-order valence-electron chi connectivity index (χ2n) is 6.25. The van der Waals surface area contributed by atoms with Crippen LogP contribution in [0.3, 0.4) is 0 Å². The van der Waals surface area contributed by atoms with Crippen molar-refractivity contribution in [3.8, 4) is 0 Å². The van der Waals surface area contributed by atoms with Crippen LogP contribution in [0.25, 0.3) is 0 Å². The highest BCUT2D eigenvalue weighted by molar-refractivity contribution is 5.83. The van der Waals surface area contributed by atoms with Crippen LogP contribution in [-0.2, 0) is 19.0 Å². The molecule has 1 saturated heterocycles. The standard InChI is InChI=1S/C17H22FN3O7/c1-4-5-6-7-26-17(25)20-14-11(18)8-21(16(24)19-14)15-13(28-10(3)22)12(23)9(2)27-15/h8-9,12-13,15,23H,1,4-7H2,2-3H3/p+1/t9-,12-,13-,15-/m1/s1. The molecule has 0 radical (unpaired) electrons. The van der Waals surface area contributed by atoms with Gasteiger partial charge in [-0.05, 0) is 19.8 Å². The number of rotatable bonds is 7. The number of hydrogen-bond acceptors (Lipinski definition) is 8. The molecule has 11 heteroatoms. The van der Waals surface area contributed by atoms with Crippen molar-refractivity contribution in [2.24, 2.45) is 0 Å². The molecule has 0 saturated carbocycles. The predicted octanol–water partition coefficient (Wildman–Crippen LogP) is 1.15. The molecule has 4 atom stereocenters. The van der Waals surface area contributed by atoms with Gasteiger partial charge in [0.1, 0.15) is 6.10 Å². The van der Waals surface area contributed by atoms with E-state index in [-0.39, 0.29) is 6.61 Å². The lowest BCUT2D eigenvalue weighted by Crippen LogP contribution is -2.38. The zero-order valence-corrected chi connectivity index (χ0v) is 15.6. The number of hydrogen-bond donors (Lipinski definition) is 2. The molecule has 0 unspecified atom stereocenters. The third kappa shape index (κ3) is 5.20. The average molecular weight is 400 g/mol. The number of ether oxygens (including phenoxy) is 3. The lowest BCUT2D eigenvalue weighted by atomic mass is 10.1. The van der Waals surface area contributed by atoms with Gasteiger partial charge in [0.2, 0.25) is 0 Å². The molecule has 154 valence electrons. The van der Waals surface area contributed by atoms with Crippen molar-refractivity contribution in [1.82, 2.24) is 9.55 Å². The minimum Gasteiger partial charge on any atom is -0.455 e. The molecule has 0 aromatic carbocycles. The summed E-state index contributed by atoms with van der Waals surface area (Å²) in [4.78, 5) is 38.7. The lowest BCUT2D eigenvalue weighted by Gasteiger charge is -2.21. The fourth-order valence-corrected chi connectivity index (χ4v) is 2.65. The molecule has 10 nitrogen and oxygen atoms in total. The summed E-state index contributed by atoms with van der Waals surface area (Å²) in [5.41, 5.74) is -0.975. The molecule has 1 aliphatic heterocycles. The summed E-state index contributed by atoms with van der Waals surface area (Å²) in [6.07, 6.45) is -2.60. The van der Waals surface area contributed by atoms with Crippen molar-refractivity contribution in [1.29, 1.82) is 0 Å². The van der Waals surface area contributed by atoms with E-state index in [9.17, 15) is 23.9 Å². The monoisotopic (exact) mass is 400 g/mol. The normalized spacial score (nSPS) is 24.0. The number of aromatic nitrogens is 2. The number of aliphatic hydroxyl groups is 1. The first-order valence-corrected chi connectivity index (χ1v) is 8.77. The number of unbranched alkanes of at least 4 members (excludes halogenated alkanes) is 2. The number of aliphatic hydroxyl groups excluding tert-OH is 1. The highest BCUT2D eigenvalue weighted by atomic mass is 19.1. The Balaban J connectivity index is 2.15. The summed E-state index contributed by atoms with van der Waals surface area (Å²) in [7, 11) is 0. The van der Waals surface area contributed by atoms with Crippen LogP contribution in [-0.4, -0.2) is 51.6 Å². The van der Waals surface area contributed by atoms with Crippen molar-refractivity contribution in [3.05, 3.63) is 29.4 Å². The van der Waals surface area contributed by atoms with E-state index in [1.807, 2.05) is 0 Å². The minimum absolute atomic E-state index is 0.121. The second kappa shape index (κ2) is 9.51. The first kappa shape index (κ1) is 21.6. The van der Waals surface area contributed by atoms with E-state index < -0.39 is 53.9 Å². The Kier molecular flexibility index (Phi) is 7.35. The lowest BCUT2D eigenvalue weighted by molar-refractivity contribution is -0.156. The second-order valence-corrected chi connectivity index (χ2v) is 6.25. The van der Waals surface area contributed by atoms with Gasteiger partial charge in [-0.25, -0.2) is 14.0 Å². The largest absolute Gasteiger partial charge is 0.455 e. The summed E-state index contributed by atoms with van der Waals surface area (Å²) in [5, 5.41) is 12.1. The van der Waals surface area contributed by atoms with Crippen LogP contribution in [0.4, 0.5) is 15.0 Å². The van der Waals surface area contributed by atoms with Gasteiger partial charge in [-0.15, -0.1) is 0 Å². The Hall–Kier alpha value is -2.66. The summed E-state index contributed by atoms with van der Waals surface area (Å²) in [5.74, 6) is -2.35. The van der Waals surface area contributed by atoms with Crippen molar-refractivity contribution >= 4 is 17.9 Å². The van der Waals surface area contributed by atoms with Crippen LogP contribution in [0.1, 0.15) is 39.3 Å². The average Bonchev–Trinajstić information content (AvgIpc) is 2.89. The third-order valence-corrected chi connectivity index (χ3v) is 4.03. The Bertz CT molecular complexity index is 770. The number of anilines is 1. The molecule has 0 spiro atoms. The molecule has 1 fully saturated rings. The van der Waals surface area contributed by atoms with Crippen LogP contribution >= 0.6 is 0 Å². The van der Waals surface area contributed by atoms with Crippen molar-refractivity contribution < 1.29 is 33.3 Å². The Morgan fingerprint density at radius 1 is 1.46 bits per heavy atom. The summed E-state index contributed by atoms with van der Waals surface area (Å²) < 4.78 is 30.4. The maximum absolute atomic E-state index is 14.3. The van der Waals surface area contributed by atoms with Gasteiger partial charge in [-0.3, -0.25) is 14.7 Å². The molecule has 2 heterocycles. The van der Waals surface area contributed by atoms with E-state index in [0.29, 0.717) is 12.8 Å². The number of carbonyl (C=O) groups excluding carboxylic acids is 2. The summed E-state index contributed by atoms with van der Waals surface area (Å²) in [6.45, 7) is 6.42.